The molecule has 3 aromatic rings. The predicted octanol–water partition coefficient (Wildman–Crippen LogP) is 1.67. The van der Waals surface area contributed by atoms with E-state index in [2.05, 4.69) is 15.7 Å². The largest absolute Gasteiger partial charge is 0.739 e. The van der Waals surface area contributed by atoms with Crippen molar-refractivity contribution in [2.45, 2.75) is 6.42 Å². The first-order valence-corrected chi connectivity index (χ1v) is 8.80. The highest BCUT2D eigenvalue weighted by molar-refractivity contribution is 6.31. The van der Waals surface area contributed by atoms with E-state index in [0.717, 1.165) is 18.2 Å². The minimum absolute atomic E-state index is 0.111. The van der Waals surface area contributed by atoms with Crippen molar-refractivity contribution in [3.8, 4) is 5.75 Å². The monoisotopic (exact) mass is 422 g/mol. The van der Waals surface area contributed by atoms with Gasteiger partial charge in [0.05, 0.1) is 12.3 Å². The van der Waals surface area contributed by atoms with Gasteiger partial charge in [-0.25, -0.2) is 13.9 Å². The number of nitrogens with one attached hydrogen (secondary N) is 2. The molecule has 0 aliphatic carbocycles. The summed E-state index contributed by atoms with van der Waals surface area (Å²) in [4.78, 5) is 12.4. The zero-order chi connectivity index (χ0) is 21.0. The highest BCUT2D eigenvalue weighted by Crippen LogP contribution is 2.28. The number of carbonyl (C=O) groups is 1. The van der Waals surface area contributed by atoms with Gasteiger partial charge in [0.15, 0.2) is 5.52 Å². The Balaban J connectivity index is 1.83. The molecular formula is C17H16ClFN6O4. The van der Waals surface area contributed by atoms with E-state index in [0.29, 0.717) is 30.3 Å². The van der Waals surface area contributed by atoms with Crippen molar-refractivity contribution in [1.82, 2.24) is 5.10 Å². The van der Waals surface area contributed by atoms with E-state index in [1.807, 2.05) is 0 Å². The number of hydrogen-bond acceptors (Lipinski definition) is 6. The van der Waals surface area contributed by atoms with Crippen LogP contribution in [-0.4, -0.2) is 24.3 Å². The Kier molecular flexibility index (Phi) is 6.10. The molecular weight excluding hydrogens is 407 g/mol. The van der Waals surface area contributed by atoms with Crippen molar-refractivity contribution >= 4 is 40.3 Å². The summed E-state index contributed by atoms with van der Waals surface area (Å²) >= 11 is 5.95. The first-order chi connectivity index (χ1) is 13.9. The molecule has 0 fully saturated rings. The number of nitrogens with zero attached hydrogens (tertiary/aromatic N) is 3. The van der Waals surface area contributed by atoms with Gasteiger partial charge in [-0.2, -0.15) is 5.32 Å². The molecule has 29 heavy (non-hydrogen) atoms. The summed E-state index contributed by atoms with van der Waals surface area (Å²) in [5.41, 5.74) is 5.21. The molecule has 0 atom stereocenters. The maximum Gasteiger partial charge on any atom is 0.469 e. The summed E-state index contributed by atoms with van der Waals surface area (Å²) in [7, 11) is 0. The second-order valence-electron chi connectivity index (χ2n) is 5.83. The molecule has 0 spiro atoms. The fourth-order valence-electron chi connectivity index (χ4n) is 2.44. The van der Waals surface area contributed by atoms with Crippen LogP contribution >= 0.6 is 11.6 Å². The van der Waals surface area contributed by atoms with Crippen LogP contribution in [0.2, 0.25) is 5.02 Å². The number of benzene rings is 2. The van der Waals surface area contributed by atoms with E-state index in [-0.39, 0.29) is 26.3 Å². The van der Waals surface area contributed by atoms with Gasteiger partial charge < -0.3 is 20.9 Å². The fraction of sp³-hybridized carbons (Fsp3) is 0.176. The SMILES string of the molecule is NCCCOc1ccc(Cl)cc1NC(=O)Nc1n[n+]([O-])c2ccc(F)cc2[n+]1[O-]. The summed E-state index contributed by atoms with van der Waals surface area (Å²) in [5, 5.41) is 32.7. The van der Waals surface area contributed by atoms with Crippen molar-refractivity contribution in [2.75, 3.05) is 23.8 Å². The number of amides is 2. The van der Waals surface area contributed by atoms with Crippen LogP contribution in [0.3, 0.4) is 0 Å². The molecule has 3 rings (SSSR count). The lowest BCUT2D eigenvalue weighted by atomic mass is 10.3. The van der Waals surface area contributed by atoms with E-state index in [1.165, 1.54) is 6.07 Å². The van der Waals surface area contributed by atoms with E-state index < -0.39 is 17.8 Å². The van der Waals surface area contributed by atoms with Gasteiger partial charge in [-0.15, -0.1) is 0 Å². The van der Waals surface area contributed by atoms with Crippen LogP contribution in [0.4, 0.5) is 20.8 Å². The number of carbonyl (C=O) groups excluding carboxylic acids is 1. The van der Waals surface area contributed by atoms with Gasteiger partial charge in [-0.1, -0.05) is 11.6 Å². The maximum absolute atomic E-state index is 13.4. The number of ether oxygens (including phenoxy) is 1. The first-order valence-electron chi connectivity index (χ1n) is 8.42. The third-order valence-electron chi connectivity index (χ3n) is 3.76. The molecule has 12 heteroatoms. The van der Waals surface area contributed by atoms with Gasteiger partial charge in [0.25, 0.3) is 5.52 Å². The molecule has 1 aromatic heterocycles. The summed E-state index contributed by atoms with van der Waals surface area (Å²) in [6.07, 6.45) is 0.603. The summed E-state index contributed by atoms with van der Waals surface area (Å²) in [6.45, 7) is 0.757. The van der Waals surface area contributed by atoms with Crippen molar-refractivity contribution in [1.29, 1.82) is 0 Å². The number of urea groups is 1. The van der Waals surface area contributed by atoms with Crippen LogP contribution in [0.1, 0.15) is 6.42 Å². The Morgan fingerprint density at radius 3 is 2.76 bits per heavy atom. The molecule has 2 amide bonds. The molecule has 4 N–H and O–H groups in total. The van der Waals surface area contributed by atoms with E-state index in [4.69, 9.17) is 22.1 Å². The van der Waals surface area contributed by atoms with Gasteiger partial charge in [0.1, 0.15) is 11.6 Å². The van der Waals surface area contributed by atoms with E-state index in [9.17, 15) is 19.6 Å². The van der Waals surface area contributed by atoms with Crippen LogP contribution in [-0.2, 0) is 0 Å². The van der Waals surface area contributed by atoms with Crippen molar-refractivity contribution in [3.63, 3.8) is 0 Å². The fourth-order valence-corrected chi connectivity index (χ4v) is 2.61. The quantitative estimate of drug-likeness (QED) is 0.313. The summed E-state index contributed by atoms with van der Waals surface area (Å²) < 4.78 is 19.1. The third-order valence-corrected chi connectivity index (χ3v) is 4.00. The van der Waals surface area contributed by atoms with Crippen LogP contribution in [0.15, 0.2) is 36.4 Å². The Bertz CT molecular complexity index is 1070. The molecule has 0 unspecified atom stereocenters. The molecule has 10 nitrogen and oxygen atoms in total. The van der Waals surface area contributed by atoms with E-state index in [1.54, 1.807) is 12.1 Å². The van der Waals surface area contributed by atoms with Crippen LogP contribution < -0.4 is 30.7 Å². The van der Waals surface area contributed by atoms with Gasteiger partial charge in [0.2, 0.25) is 5.10 Å². The van der Waals surface area contributed by atoms with Gasteiger partial charge >= 0.3 is 12.0 Å². The molecule has 1 heterocycles. The number of aromatic nitrogens is 3. The predicted molar refractivity (Wildman–Crippen MR) is 103 cm³/mol. The number of hydrogen-bond donors (Lipinski definition) is 3. The zero-order valence-electron chi connectivity index (χ0n) is 14.9. The topological polar surface area (TPSA) is 143 Å². The van der Waals surface area contributed by atoms with Gasteiger partial charge in [0, 0.05) is 22.0 Å². The molecule has 2 aromatic carbocycles. The number of nitrogens with two attached hydrogens (primary N) is 1. The van der Waals surface area contributed by atoms with Gasteiger partial charge in [-0.05, 0) is 37.2 Å². The minimum atomic E-state index is -0.885. The highest BCUT2D eigenvalue weighted by atomic mass is 35.5. The highest BCUT2D eigenvalue weighted by Gasteiger charge is 2.23. The number of anilines is 2. The average molecular weight is 423 g/mol. The minimum Gasteiger partial charge on any atom is -0.739 e. The van der Waals surface area contributed by atoms with E-state index >= 15 is 0 Å². The molecule has 152 valence electrons. The average Bonchev–Trinajstić information content (AvgIpc) is 2.67. The molecule has 0 saturated carbocycles. The lowest BCUT2D eigenvalue weighted by Gasteiger charge is -2.13. The zero-order valence-corrected chi connectivity index (χ0v) is 15.6. The molecule has 0 aliphatic rings. The third kappa shape index (κ3) is 4.70. The van der Waals surface area contributed by atoms with Crippen molar-refractivity contribution in [3.05, 3.63) is 57.7 Å². The lowest BCUT2D eigenvalue weighted by molar-refractivity contribution is -0.672. The Hall–Kier alpha value is -3.44. The van der Waals surface area contributed by atoms with Crippen LogP contribution in [0.25, 0.3) is 11.0 Å². The molecule has 0 radical (unpaired) electrons. The standard InChI is InChI=1S/C17H16ClFN6O4/c18-10-2-5-15(29-7-1-6-20)12(8-10)21-17(26)22-16-23-25(28)13-4-3-11(19)9-14(13)24(16)27/h2-5,8-9H,1,6-7,20H2,(H2,21,22,23,26). The number of rotatable bonds is 6. The molecule has 0 saturated heterocycles. The Morgan fingerprint density at radius 2 is 2.00 bits per heavy atom. The summed E-state index contributed by atoms with van der Waals surface area (Å²) in [5.74, 6) is -1.02. The summed E-state index contributed by atoms with van der Waals surface area (Å²) in [6, 6.07) is 6.69. The molecule has 0 aliphatic heterocycles. The maximum atomic E-state index is 13.4. The number of fused-ring (bicyclic) bond motifs is 1. The van der Waals surface area contributed by atoms with Gasteiger partial charge in [-0.3, -0.25) is 5.32 Å². The second kappa shape index (κ2) is 8.71. The first kappa shape index (κ1) is 20.3. The van der Waals surface area contributed by atoms with Crippen LogP contribution in [0.5, 0.6) is 5.75 Å². The van der Waals surface area contributed by atoms with Crippen molar-refractivity contribution < 1.29 is 23.5 Å². The number of halogens is 2. The lowest BCUT2D eigenvalue weighted by Crippen LogP contribution is -2.45. The Morgan fingerprint density at radius 1 is 1.21 bits per heavy atom. The normalized spacial score (nSPS) is 10.7. The second-order valence-corrected chi connectivity index (χ2v) is 6.27. The van der Waals surface area contributed by atoms with Crippen molar-refractivity contribution in [2.24, 2.45) is 5.73 Å². The molecule has 0 bridgehead atoms. The Labute approximate surface area is 168 Å². The van der Waals surface area contributed by atoms with Crippen LogP contribution in [0, 0.1) is 16.2 Å². The smallest absolute Gasteiger partial charge is 0.469 e.